The number of ether oxygens (including phenoxy) is 6. The first-order valence-electron chi connectivity index (χ1n) is 8.49. The van der Waals surface area contributed by atoms with E-state index >= 15 is 0 Å². The zero-order chi connectivity index (χ0) is 16.8. The van der Waals surface area contributed by atoms with Crippen LogP contribution in [0.3, 0.4) is 0 Å². The molecule has 0 rings (SSSR count). The first-order valence-corrected chi connectivity index (χ1v) is 8.49. The van der Waals surface area contributed by atoms with Crippen molar-refractivity contribution in [3.8, 4) is 0 Å². The van der Waals surface area contributed by atoms with Gasteiger partial charge in [0.05, 0.1) is 72.7 Å². The van der Waals surface area contributed by atoms with Crippen LogP contribution in [0.4, 0.5) is 0 Å². The molecule has 0 aromatic heterocycles. The van der Waals surface area contributed by atoms with E-state index < -0.39 is 0 Å². The van der Waals surface area contributed by atoms with Crippen LogP contribution in [0.5, 0.6) is 0 Å². The van der Waals surface area contributed by atoms with Crippen molar-refractivity contribution in [2.45, 2.75) is 19.8 Å². The van der Waals surface area contributed by atoms with Gasteiger partial charge >= 0.3 is 0 Å². The monoisotopic (exact) mass is 334 g/mol. The van der Waals surface area contributed by atoms with Crippen molar-refractivity contribution in [1.29, 1.82) is 0 Å². The summed E-state index contributed by atoms with van der Waals surface area (Å²) >= 11 is 0. The van der Waals surface area contributed by atoms with Gasteiger partial charge in [-0.1, -0.05) is 19.4 Å². The molecule has 138 valence electrons. The average molecular weight is 334 g/mol. The van der Waals surface area contributed by atoms with Crippen LogP contribution in [0, 0.1) is 0 Å². The Labute approximate surface area is 141 Å². The predicted molar refractivity (Wildman–Crippen MR) is 90.0 cm³/mol. The van der Waals surface area contributed by atoms with Crippen molar-refractivity contribution >= 4 is 0 Å². The molecule has 23 heavy (non-hydrogen) atoms. The third-order valence-corrected chi connectivity index (χ3v) is 2.74. The van der Waals surface area contributed by atoms with Crippen LogP contribution in [-0.2, 0) is 28.4 Å². The van der Waals surface area contributed by atoms with E-state index in [0.29, 0.717) is 72.7 Å². The molecule has 0 N–H and O–H groups in total. The molecule has 6 heteroatoms. The fraction of sp³-hybridized carbons (Fsp3) is 0.882. The van der Waals surface area contributed by atoms with Crippen molar-refractivity contribution in [1.82, 2.24) is 0 Å². The maximum absolute atomic E-state index is 5.39. The molecule has 0 fully saturated rings. The molecule has 0 aromatic rings. The number of rotatable bonds is 20. The minimum absolute atomic E-state index is 0.562. The molecule has 0 aliphatic carbocycles. The topological polar surface area (TPSA) is 55.4 Å². The highest BCUT2D eigenvalue weighted by Gasteiger charge is 1.93. The van der Waals surface area contributed by atoms with E-state index in [1.165, 1.54) is 0 Å². The van der Waals surface area contributed by atoms with Crippen LogP contribution in [0.25, 0.3) is 0 Å². The van der Waals surface area contributed by atoms with E-state index in [1.54, 1.807) is 6.08 Å². The van der Waals surface area contributed by atoms with Gasteiger partial charge in [-0.3, -0.25) is 0 Å². The number of hydrogen-bond acceptors (Lipinski definition) is 6. The fourth-order valence-corrected chi connectivity index (χ4v) is 1.51. The van der Waals surface area contributed by atoms with Crippen molar-refractivity contribution in [3.05, 3.63) is 12.7 Å². The zero-order valence-corrected chi connectivity index (χ0v) is 14.6. The lowest BCUT2D eigenvalue weighted by atomic mass is 10.4. The quantitative estimate of drug-likeness (QED) is 0.251. The van der Waals surface area contributed by atoms with Gasteiger partial charge in [-0.05, 0) is 6.42 Å². The molecule has 0 saturated carbocycles. The summed E-state index contributed by atoms with van der Waals surface area (Å²) in [4.78, 5) is 0. The Morgan fingerprint density at radius 2 is 0.913 bits per heavy atom. The molecule has 6 nitrogen and oxygen atoms in total. The summed E-state index contributed by atoms with van der Waals surface area (Å²) in [6, 6.07) is 0. The lowest BCUT2D eigenvalue weighted by Crippen LogP contribution is -2.14. The van der Waals surface area contributed by atoms with Crippen molar-refractivity contribution < 1.29 is 28.4 Å². The van der Waals surface area contributed by atoms with Crippen LogP contribution < -0.4 is 0 Å². The Kier molecular flexibility index (Phi) is 21.0. The summed E-state index contributed by atoms with van der Waals surface area (Å²) in [7, 11) is 0. The predicted octanol–water partition coefficient (Wildman–Crippen LogP) is 2.07. The van der Waals surface area contributed by atoms with Gasteiger partial charge in [-0.2, -0.15) is 0 Å². The summed E-state index contributed by atoms with van der Waals surface area (Å²) in [6.45, 7) is 13.0. The normalized spacial score (nSPS) is 11.0. The SMILES string of the molecule is C=CCOCCOCCOCCOCCOCCOCCCC. The Balaban J connectivity index is 2.93. The molecule has 0 bridgehead atoms. The van der Waals surface area contributed by atoms with Crippen molar-refractivity contribution in [2.75, 3.05) is 79.3 Å². The second-order valence-electron chi connectivity index (χ2n) is 4.78. The van der Waals surface area contributed by atoms with Gasteiger partial charge in [0, 0.05) is 6.61 Å². The Morgan fingerprint density at radius 3 is 1.26 bits per heavy atom. The maximum Gasteiger partial charge on any atom is 0.0704 e. The van der Waals surface area contributed by atoms with Gasteiger partial charge in [-0.15, -0.1) is 6.58 Å². The van der Waals surface area contributed by atoms with Gasteiger partial charge in [0.15, 0.2) is 0 Å². The van der Waals surface area contributed by atoms with E-state index in [2.05, 4.69) is 13.5 Å². The van der Waals surface area contributed by atoms with Crippen LogP contribution in [0.15, 0.2) is 12.7 Å². The third-order valence-electron chi connectivity index (χ3n) is 2.74. The standard InChI is InChI=1S/C17H34O6/c1-3-5-7-19-9-11-21-13-15-23-17-16-22-14-12-20-10-8-18-6-4-2/h4H,2-3,5-17H2,1H3. The highest BCUT2D eigenvalue weighted by Crippen LogP contribution is 1.88. The lowest BCUT2D eigenvalue weighted by molar-refractivity contribution is -0.0157. The molecule has 0 radical (unpaired) electrons. The second-order valence-corrected chi connectivity index (χ2v) is 4.78. The molecule has 0 aliphatic heterocycles. The first-order chi connectivity index (χ1) is 11.4. The number of hydrogen-bond donors (Lipinski definition) is 0. The van der Waals surface area contributed by atoms with E-state index in [9.17, 15) is 0 Å². The van der Waals surface area contributed by atoms with Gasteiger partial charge in [0.25, 0.3) is 0 Å². The molecule has 0 aliphatic rings. The Morgan fingerprint density at radius 1 is 0.565 bits per heavy atom. The van der Waals surface area contributed by atoms with Gasteiger partial charge in [0.1, 0.15) is 0 Å². The van der Waals surface area contributed by atoms with Crippen molar-refractivity contribution in [3.63, 3.8) is 0 Å². The molecule has 0 spiro atoms. The third kappa shape index (κ3) is 21.5. The average Bonchev–Trinajstić information content (AvgIpc) is 2.57. The summed E-state index contributed by atoms with van der Waals surface area (Å²) in [5.41, 5.74) is 0. The first kappa shape index (κ1) is 22.5. The fourth-order valence-electron chi connectivity index (χ4n) is 1.51. The zero-order valence-electron chi connectivity index (χ0n) is 14.6. The summed E-state index contributed by atoms with van der Waals surface area (Å²) in [5.74, 6) is 0. The van der Waals surface area contributed by atoms with Gasteiger partial charge < -0.3 is 28.4 Å². The largest absolute Gasteiger partial charge is 0.379 e. The Hall–Kier alpha value is -0.500. The van der Waals surface area contributed by atoms with Crippen LogP contribution in [0.1, 0.15) is 19.8 Å². The summed E-state index contributed by atoms with van der Waals surface area (Å²) < 4.78 is 32.0. The minimum Gasteiger partial charge on any atom is -0.379 e. The molecule has 0 saturated heterocycles. The number of unbranched alkanes of at least 4 members (excludes halogenated alkanes) is 1. The molecule has 0 unspecified atom stereocenters. The molecule has 0 amide bonds. The van der Waals surface area contributed by atoms with Gasteiger partial charge in [-0.25, -0.2) is 0 Å². The second kappa shape index (κ2) is 21.5. The van der Waals surface area contributed by atoms with Crippen molar-refractivity contribution in [2.24, 2.45) is 0 Å². The van der Waals surface area contributed by atoms with Crippen LogP contribution in [0.2, 0.25) is 0 Å². The smallest absolute Gasteiger partial charge is 0.0704 e. The van der Waals surface area contributed by atoms with E-state index in [4.69, 9.17) is 28.4 Å². The molecule has 0 heterocycles. The summed E-state index contributed by atoms with van der Waals surface area (Å²) in [6.07, 6.45) is 3.99. The molecule has 0 aromatic carbocycles. The van der Waals surface area contributed by atoms with Crippen LogP contribution >= 0.6 is 0 Å². The molecular weight excluding hydrogens is 300 g/mol. The lowest BCUT2D eigenvalue weighted by Gasteiger charge is -2.08. The highest BCUT2D eigenvalue weighted by atomic mass is 16.6. The van der Waals surface area contributed by atoms with Crippen LogP contribution in [-0.4, -0.2) is 79.3 Å². The van der Waals surface area contributed by atoms with E-state index in [1.807, 2.05) is 0 Å². The molecule has 0 atom stereocenters. The highest BCUT2D eigenvalue weighted by molar-refractivity contribution is 4.63. The minimum atomic E-state index is 0.562. The van der Waals surface area contributed by atoms with E-state index in [-0.39, 0.29) is 0 Å². The summed E-state index contributed by atoms with van der Waals surface area (Å²) in [5, 5.41) is 0. The van der Waals surface area contributed by atoms with Gasteiger partial charge in [0.2, 0.25) is 0 Å². The van der Waals surface area contributed by atoms with E-state index in [0.717, 1.165) is 19.4 Å². The Bertz CT molecular complexity index is 225. The molecular formula is C17H34O6. The maximum atomic E-state index is 5.39.